The number of carbonyl (C=O) groups excluding carboxylic acids is 1. The lowest BCUT2D eigenvalue weighted by molar-refractivity contribution is -0.115. The van der Waals surface area contributed by atoms with Crippen molar-refractivity contribution in [3.63, 3.8) is 0 Å². The Balaban J connectivity index is 1.54. The van der Waals surface area contributed by atoms with E-state index >= 15 is 0 Å². The zero-order valence-electron chi connectivity index (χ0n) is 13.9. The minimum absolute atomic E-state index is 0.0839. The average Bonchev–Trinajstić information content (AvgIpc) is 3.11. The zero-order valence-corrected chi connectivity index (χ0v) is 15.5. The molecule has 0 radical (unpaired) electrons. The van der Waals surface area contributed by atoms with Gasteiger partial charge in [0.05, 0.1) is 17.8 Å². The number of hydrogen-bond acceptors (Lipinski definition) is 6. The second kappa shape index (κ2) is 8.68. The highest BCUT2D eigenvalue weighted by Gasteiger charge is 2.12. The molecule has 0 spiro atoms. The highest BCUT2D eigenvalue weighted by Crippen LogP contribution is 2.24. The van der Waals surface area contributed by atoms with Crippen molar-refractivity contribution in [2.75, 3.05) is 18.2 Å². The molecule has 1 N–H and O–H groups in total. The normalized spacial score (nSPS) is 10.5. The molecule has 26 heavy (non-hydrogen) atoms. The van der Waals surface area contributed by atoms with E-state index in [1.54, 1.807) is 42.1 Å². The van der Waals surface area contributed by atoms with Crippen LogP contribution in [0.3, 0.4) is 0 Å². The van der Waals surface area contributed by atoms with Crippen molar-refractivity contribution in [3.8, 4) is 11.4 Å². The number of thioether (sulfide) groups is 1. The van der Waals surface area contributed by atoms with E-state index in [9.17, 15) is 4.79 Å². The number of aromatic nitrogens is 4. The summed E-state index contributed by atoms with van der Waals surface area (Å²) in [6.45, 7) is 0. The smallest absolute Gasteiger partial charge is 0.225 e. The molecule has 1 heterocycles. The van der Waals surface area contributed by atoms with Gasteiger partial charge in [-0.25, -0.2) is 0 Å². The Hall–Kier alpha value is -2.58. The summed E-state index contributed by atoms with van der Waals surface area (Å²) in [6, 6.07) is 14.5. The molecule has 134 valence electrons. The van der Waals surface area contributed by atoms with E-state index in [0.717, 1.165) is 11.4 Å². The summed E-state index contributed by atoms with van der Waals surface area (Å²) in [5.41, 5.74) is 1.42. The van der Waals surface area contributed by atoms with E-state index in [1.807, 2.05) is 18.2 Å². The quantitative estimate of drug-likeness (QED) is 0.623. The molecule has 0 saturated heterocycles. The van der Waals surface area contributed by atoms with Crippen molar-refractivity contribution in [1.29, 1.82) is 0 Å². The standard InChI is InChI=1S/C17H16ClN5O2S/c1-25-13-8-6-12(7-9-13)19-16(24)10-11-26-17-20-21-22-23(17)15-5-3-2-4-14(15)18/h2-9H,10-11H2,1H3,(H,19,24). The van der Waals surface area contributed by atoms with Gasteiger partial charge in [-0.2, -0.15) is 4.68 Å². The lowest BCUT2D eigenvalue weighted by Gasteiger charge is -2.07. The van der Waals surface area contributed by atoms with Gasteiger partial charge < -0.3 is 10.1 Å². The average molecular weight is 390 g/mol. The number of methoxy groups -OCH3 is 1. The summed E-state index contributed by atoms with van der Waals surface area (Å²) in [6.07, 6.45) is 0.325. The highest BCUT2D eigenvalue weighted by atomic mass is 35.5. The summed E-state index contributed by atoms with van der Waals surface area (Å²) in [7, 11) is 1.60. The first kappa shape index (κ1) is 18.2. The van der Waals surface area contributed by atoms with Gasteiger partial charge in [0, 0.05) is 17.9 Å². The van der Waals surface area contributed by atoms with E-state index in [2.05, 4.69) is 20.8 Å². The number of rotatable bonds is 7. The van der Waals surface area contributed by atoms with Gasteiger partial charge in [-0.15, -0.1) is 5.10 Å². The van der Waals surface area contributed by atoms with Crippen LogP contribution in [0.4, 0.5) is 5.69 Å². The summed E-state index contributed by atoms with van der Waals surface area (Å²) in [5.74, 6) is 1.19. The lowest BCUT2D eigenvalue weighted by atomic mass is 10.3. The molecule has 0 saturated carbocycles. The van der Waals surface area contributed by atoms with Crippen LogP contribution in [0, 0.1) is 0 Å². The van der Waals surface area contributed by atoms with E-state index in [1.165, 1.54) is 11.8 Å². The Morgan fingerprint density at radius 3 is 2.73 bits per heavy atom. The van der Waals surface area contributed by atoms with Crippen LogP contribution in [0.2, 0.25) is 5.02 Å². The minimum atomic E-state index is -0.0839. The molecule has 0 aliphatic rings. The molecule has 7 nitrogen and oxygen atoms in total. The Morgan fingerprint density at radius 2 is 2.00 bits per heavy atom. The molecule has 9 heteroatoms. The third-order valence-corrected chi connectivity index (χ3v) is 4.70. The van der Waals surface area contributed by atoms with Crippen molar-refractivity contribution < 1.29 is 9.53 Å². The fraction of sp³-hybridized carbons (Fsp3) is 0.176. The van der Waals surface area contributed by atoms with Crippen LogP contribution < -0.4 is 10.1 Å². The molecule has 1 amide bonds. The molecular formula is C17H16ClN5O2S. The van der Waals surface area contributed by atoms with Crippen LogP contribution in [0.5, 0.6) is 5.75 Å². The fourth-order valence-corrected chi connectivity index (χ4v) is 3.21. The number of amides is 1. The highest BCUT2D eigenvalue weighted by molar-refractivity contribution is 7.99. The second-order valence-electron chi connectivity index (χ2n) is 5.20. The predicted octanol–water partition coefficient (Wildman–Crippen LogP) is 3.45. The van der Waals surface area contributed by atoms with Crippen molar-refractivity contribution in [2.24, 2.45) is 0 Å². The molecular weight excluding hydrogens is 374 g/mol. The Kier molecular flexibility index (Phi) is 6.08. The topological polar surface area (TPSA) is 81.9 Å². The van der Waals surface area contributed by atoms with Crippen molar-refractivity contribution in [3.05, 3.63) is 53.6 Å². The zero-order chi connectivity index (χ0) is 18.4. The van der Waals surface area contributed by atoms with E-state index in [4.69, 9.17) is 16.3 Å². The Morgan fingerprint density at radius 1 is 1.23 bits per heavy atom. The Labute approximate surface area is 159 Å². The van der Waals surface area contributed by atoms with Gasteiger partial charge in [-0.3, -0.25) is 4.79 Å². The molecule has 0 unspecified atom stereocenters. The molecule has 3 rings (SSSR count). The number of nitrogens with one attached hydrogen (secondary N) is 1. The van der Waals surface area contributed by atoms with Gasteiger partial charge in [0.15, 0.2) is 0 Å². The first-order valence-electron chi connectivity index (χ1n) is 7.77. The number of para-hydroxylation sites is 1. The maximum absolute atomic E-state index is 12.1. The van der Waals surface area contributed by atoms with Crippen molar-refractivity contribution in [2.45, 2.75) is 11.6 Å². The van der Waals surface area contributed by atoms with Crippen LogP contribution in [-0.4, -0.2) is 39.0 Å². The number of halogens is 1. The van der Waals surface area contributed by atoms with Gasteiger partial charge in [0.25, 0.3) is 0 Å². The molecule has 2 aromatic carbocycles. The molecule has 1 aromatic heterocycles. The number of hydrogen-bond donors (Lipinski definition) is 1. The SMILES string of the molecule is COc1ccc(NC(=O)CCSc2nnnn2-c2ccccc2Cl)cc1. The number of carbonyl (C=O) groups is 1. The first-order chi connectivity index (χ1) is 12.7. The lowest BCUT2D eigenvalue weighted by Crippen LogP contribution is -2.12. The molecule has 0 aliphatic heterocycles. The van der Waals surface area contributed by atoms with Crippen LogP contribution in [0.15, 0.2) is 53.7 Å². The maximum atomic E-state index is 12.1. The number of benzene rings is 2. The van der Waals surface area contributed by atoms with E-state index < -0.39 is 0 Å². The van der Waals surface area contributed by atoms with Crippen LogP contribution in [0.25, 0.3) is 5.69 Å². The number of tetrazole rings is 1. The van der Waals surface area contributed by atoms with Crippen molar-refractivity contribution >= 4 is 35.0 Å². The molecule has 0 atom stereocenters. The van der Waals surface area contributed by atoms with Crippen LogP contribution >= 0.6 is 23.4 Å². The van der Waals surface area contributed by atoms with Crippen molar-refractivity contribution in [1.82, 2.24) is 20.2 Å². The summed E-state index contributed by atoms with van der Waals surface area (Å²) in [5, 5.41) is 15.6. The first-order valence-corrected chi connectivity index (χ1v) is 9.13. The molecule has 0 fully saturated rings. The summed E-state index contributed by atoms with van der Waals surface area (Å²) >= 11 is 7.57. The third-order valence-electron chi connectivity index (χ3n) is 3.46. The summed E-state index contributed by atoms with van der Waals surface area (Å²) in [4.78, 5) is 12.1. The molecule has 3 aromatic rings. The second-order valence-corrected chi connectivity index (χ2v) is 6.67. The van der Waals surface area contributed by atoms with E-state index in [0.29, 0.717) is 28.0 Å². The maximum Gasteiger partial charge on any atom is 0.225 e. The minimum Gasteiger partial charge on any atom is -0.497 e. The largest absolute Gasteiger partial charge is 0.497 e. The van der Waals surface area contributed by atoms with Gasteiger partial charge >= 0.3 is 0 Å². The van der Waals surface area contributed by atoms with Crippen LogP contribution in [-0.2, 0) is 4.79 Å². The van der Waals surface area contributed by atoms with Gasteiger partial charge in [0.2, 0.25) is 11.1 Å². The molecule has 0 aliphatic carbocycles. The summed E-state index contributed by atoms with van der Waals surface area (Å²) < 4.78 is 6.65. The fourth-order valence-electron chi connectivity index (χ4n) is 2.18. The van der Waals surface area contributed by atoms with Crippen LogP contribution in [0.1, 0.15) is 6.42 Å². The van der Waals surface area contributed by atoms with Gasteiger partial charge in [-0.05, 0) is 46.8 Å². The predicted molar refractivity (Wildman–Crippen MR) is 101 cm³/mol. The van der Waals surface area contributed by atoms with Gasteiger partial charge in [-0.1, -0.05) is 35.5 Å². The van der Waals surface area contributed by atoms with Gasteiger partial charge in [0.1, 0.15) is 5.75 Å². The number of ether oxygens (including phenoxy) is 1. The number of nitrogens with zero attached hydrogens (tertiary/aromatic N) is 4. The monoisotopic (exact) mass is 389 g/mol. The molecule has 0 bridgehead atoms. The Bertz CT molecular complexity index is 885. The number of anilines is 1. The van der Waals surface area contributed by atoms with E-state index in [-0.39, 0.29) is 5.91 Å². The third kappa shape index (κ3) is 4.53.